The van der Waals surface area contributed by atoms with E-state index in [1.165, 1.54) is 12.2 Å². The second-order valence-electron chi connectivity index (χ2n) is 7.84. The summed E-state index contributed by atoms with van der Waals surface area (Å²) in [5.41, 5.74) is 0. The summed E-state index contributed by atoms with van der Waals surface area (Å²) in [7, 11) is 0. The number of imide groups is 1. The van der Waals surface area contributed by atoms with Gasteiger partial charge in [-0.15, -0.1) is 0 Å². The average Bonchev–Trinajstić information content (AvgIpc) is 3.20. The van der Waals surface area contributed by atoms with Gasteiger partial charge in [0.25, 0.3) is 11.8 Å². The Morgan fingerprint density at radius 3 is 1.33 bits per heavy atom. The maximum atomic E-state index is 11.8. The molecule has 0 aromatic heterocycles. The van der Waals surface area contributed by atoms with Gasteiger partial charge in [0, 0.05) is 44.8 Å². The van der Waals surface area contributed by atoms with Crippen LogP contribution in [-0.2, 0) is 47.5 Å². The van der Waals surface area contributed by atoms with Gasteiger partial charge in [-0.2, -0.15) is 0 Å². The second kappa shape index (κ2) is 23.7. The molecule has 0 bridgehead atoms. The fourth-order valence-corrected chi connectivity index (χ4v) is 2.95. The Kier molecular flexibility index (Phi) is 21.2. The zero-order chi connectivity index (χ0) is 26.1. The molecule has 36 heavy (non-hydrogen) atoms. The van der Waals surface area contributed by atoms with Gasteiger partial charge in [-0.25, -0.2) is 0 Å². The van der Waals surface area contributed by atoms with Crippen molar-refractivity contribution < 1.29 is 47.5 Å². The second-order valence-corrected chi connectivity index (χ2v) is 7.84. The molecule has 0 aliphatic carbocycles. The number of carbonyl (C=O) groups excluding carboxylic acids is 3. The third-order valence-corrected chi connectivity index (χ3v) is 4.84. The molecule has 0 saturated heterocycles. The predicted octanol–water partition coefficient (Wildman–Crippen LogP) is 1.18. The maximum absolute atomic E-state index is 11.8. The summed E-state index contributed by atoms with van der Waals surface area (Å²) in [5, 5.41) is 0. The Labute approximate surface area is 214 Å². The number of amides is 2. The number of nitrogens with zero attached hydrogens (tertiary/aromatic N) is 1. The van der Waals surface area contributed by atoms with Crippen LogP contribution in [0.4, 0.5) is 0 Å². The molecule has 0 fully saturated rings. The molecule has 2 amide bonds. The average molecular weight is 518 g/mol. The number of hydrogen-bond acceptors (Lipinski definition) is 10. The van der Waals surface area contributed by atoms with Crippen LogP contribution in [0.3, 0.4) is 0 Å². The quantitative estimate of drug-likeness (QED) is 0.116. The van der Waals surface area contributed by atoms with Gasteiger partial charge < -0.3 is 33.2 Å². The highest BCUT2D eigenvalue weighted by atomic mass is 16.6. The summed E-state index contributed by atoms with van der Waals surface area (Å²) < 4.78 is 37.8. The van der Waals surface area contributed by atoms with Gasteiger partial charge in [0.05, 0.1) is 79.3 Å². The van der Waals surface area contributed by atoms with Crippen molar-refractivity contribution in [3.05, 3.63) is 12.2 Å². The first-order valence-corrected chi connectivity index (χ1v) is 12.7. The van der Waals surface area contributed by atoms with Crippen molar-refractivity contribution in [2.24, 2.45) is 0 Å². The number of carbonyl (C=O) groups is 3. The first kappa shape index (κ1) is 32.3. The number of hydrogen-bond donors (Lipinski definition) is 0. The Hall–Kier alpha value is -1.73. The molecular formula is C25H43NO10. The number of ether oxygens (including phenoxy) is 7. The molecule has 208 valence electrons. The topological polar surface area (TPSA) is 119 Å². The van der Waals surface area contributed by atoms with E-state index in [0.29, 0.717) is 98.7 Å². The zero-order valence-electron chi connectivity index (χ0n) is 21.6. The summed E-state index contributed by atoms with van der Waals surface area (Å²) in [6.45, 7) is 9.59. The van der Waals surface area contributed by atoms with Crippen LogP contribution >= 0.6 is 0 Å². The molecule has 0 N–H and O–H groups in total. The third kappa shape index (κ3) is 18.5. The largest absolute Gasteiger partial charge is 0.379 e. The van der Waals surface area contributed by atoms with Crippen LogP contribution in [0.25, 0.3) is 0 Å². The molecule has 0 atom stereocenters. The van der Waals surface area contributed by atoms with Crippen molar-refractivity contribution in [1.82, 2.24) is 4.90 Å². The van der Waals surface area contributed by atoms with Crippen LogP contribution in [0.15, 0.2) is 12.2 Å². The van der Waals surface area contributed by atoms with E-state index in [9.17, 15) is 14.4 Å². The number of Topliss-reactive ketones (excluding diaryl/α,β-unsaturated/α-hetero) is 1. The van der Waals surface area contributed by atoms with Gasteiger partial charge in [-0.1, -0.05) is 6.92 Å². The molecule has 1 rings (SSSR count). The van der Waals surface area contributed by atoms with E-state index < -0.39 is 0 Å². The summed E-state index contributed by atoms with van der Waals surface area (Å²) in [6, 6.07) is 0. The molecule has 0 saturated carbocycles. The Balaban J connectivity index is 1.70. The molecule has 11 nitrogen and oxygen atoms in total. The smallest absolute Gasteiger partial charge is 0.253 e. The van der Waals surface area contributed by atoms with Gasteiger partial charge in [-0.05, 0) is 12.8 Å². The van der Waals surface area contributed by atoms with Crippen LogP contribution in [0.1, 0.15) is 32.6 Å². The van der Waals surface area contributed by atoms with E-state index >= 15 is 0 Å². The summed E-state index contributed by atoms with van der Waals surface area (Å²) in [5.74, 6) is -0.722. The van der Waals surface area contributed by atoms with Crippen LogP contribution in [0.5, 0.6) is 0 Å². The van der Waals surface area contributed by atoms with Gasteiger partial charge in [0.15, 0.2) is 0 Å². The molecule has 0 radical (unpaired) electrons. The summed E-state index contributed by atoms with van der Waals surface area (Å²) >= 11 is 0. The molecule has 0 unspecified atom stereocenters. The highest BCUT2D eigenvalue weighted by Gasteiger charge is 2.23. The Bertz CT molecular complexity index is 596. The maximum Gasteiger partial charge on any atom is 0.253 e. The monoisotopic (exact) mass is 517 g/mol. The van der Waals surface area contributed by atoms with Crippen LogP contribution < -0.4 is 0 Å². The molecule has 1 heterocycles. The van der Waals surface area contributed by atoms with E-state index in [1.807, 2.05) is 0 Å². The van der Waals surface area contributed by atoms with E-state index in [2.05, 4.69) is 6.92 Å². The van der Waals surface area contributed by atoms with Gasteiger partial charge in [0.2, 0.25) is 0 Å². The van der Waals surface area contributed by atoms with E-state index in [-0.39, 0.29) is 30.6 Å². The SMILES string of the molecule is CCCOCCOCCOCCOCCOCCOCCOCCCC(=O)CCN1C(=O)C=CC1=O. The minimum Gasteiger partial charge on any atom is -0.379 e. The third-order valence-electron chi connectivity index (χ3n) is 4.84. The number of rotatable bonds is 27. The molecule has 1 aliphatic heterocycles. The van der Waals surface area contributed by atoms with Crippen molar-refractivity contribution in [3.63, 3.8) is 0 Å². The fourth-order valence-electron chi connectivity index (χ4n) is 2.95. The lowest BCUT2D eigenvalue weighted by Crippen LogP contribution is -2.32. The Morgan fingerprint density at radius 1 is 0.583 bits per heavy atom. The van der Waals surface area contributed by atoms with E-state index in [1.54, 1.807) is 0 Å². The van der Waals surface area contributed by atoms with Crippen LogP contribution in [0, 0.1) is 0 Å². The fraction of sp³-hybridized carbons (Fsp3) is 0.800. The molecule has 0 aromatic carbocycles. The molecule has 0 spiro atoms. The van der Waals surface area contributed by atoms with Crippen LogP contribution in [0.2, 0.25) is 0 Å². The first-order chi connectivity index (χ1) is 17.6. The highest BCUT2D eigenvalue weighted by molar-refractivity contribution is 6.13. The van der Waals surface area contributed by atoms with Crippen LogP contribution in [-0.4, -0.2) is 122 Å². The number of ketones is 1. The first-order valence-electron chi connectivity index (χ1n) is 12.7. The standard InChI is InChI=1S/C25H43NO10/c1-2-9-30-11-13-32-15-17-34-19-21-36-22-20-35-18-16-33-14-12-31-10-3-4-23(27)7-8-26-24(28)5-6-25(26)29/h5-6H,2-4,7-22H2,1H3. The van der Waals surface area contributed by atoms with Crippen molar-refractivity contribution in [2.45, 2.75) is 32.6 Å². The molecule has 11 heteroatoms. The van der Waals surface area contributed by atoms with Crippen molar-refractivity contribution in [1.29, 1.82) is 0 Å². The minimum atomic E-state index is -0.363. The van der Waals surface area contributed by atoms with E-state index in [4.69, 9.17) is 33.2 Å². The normalized spacial score (nSPS) is 13.3. The van der Waals surface area contributed by atoms with Crippen molar-refractivity contribution in [2.75, 3.05) is 99.0 Å². The van der Waals surface area contributed by atoms with Gasteiger partial charge in [0.1, 0.15) is 5.78 Å². The zero-order valence-corrected chi connectivity index (χ0v) is 21.6. The predicted molar refractivity (Wildman–Crippen MR) is 131 cm³/mol. The van der Waals surface area contributed by atoms with Crippen molar-refractivity contribution >= 4 is 17.6 Å². The van der Waals surface area contributed by atoms with Gasteiger partial charge >= 0.3 is 0 Å². The minimum absolute atomic E-state index is 0.00465. The lowest BCUT2D eigenvalue weighted by Gasteiger charge is -2.12. The summed E-state index contributed by atoms with van der Waals surface area (Å²) in [4.78, 5) is 35.7. The lowest BCUT2D eigenvalue weighted by atomic mass is 10.1. The highest BCUT2D eigenvalue weighted by Crippen LogP contribution is 2.06. The van der Waals surface area contributed by atoms with Gasteiger partial charge in [-0.3, -0.25) is 19.3 Å². The lowest BCUT2D eigenvalue weighted by molar-refractivity contribution is -0.137. The Morgan fingerprint density at radius 2 is 0.944 bits per heavy atom. The van der Waals surface area contributed by atoms with Crippen molar-refractivity contribution in [3.8, 4) is 0 Å². The molecular weight excluding hydrogens is 474 g/mol. The van der Waals surface area contributed by atoms with E-state index in [0.717, 1.165) is 17.9 Å². The molecule has 1 aliphatic rings. The molecule has 0 aromatic rings. The summed E-state index contributed by atoms with van der Waals surface area (Å²) in [6.07, 6.45) is 4.57.